The second-order valence-corrected chi connectivity index (χ2v) is 2.82. The molecular formula is C5H4BrClN4. The number of aryl methyl sites for hydroxylation is 1. The van der Waals surface area contributed by atoms with Gasteiger partial charge in [0, 0.05) is 18.8 Å². The van der Waals surface area contributed by atoms with E-state index in [-0.39, 0.29) is 0 Å². The van der Waals surface area contributed by atoms with Crippen LogP contribution in [0.25, 0.3) is 0 Å². The van der Waals surface area contributed by atoms with E-state index in [9.17, 15) is 0 Å². The molecule has 6 heteroatoms. The fourth-order valence-corrected chi connectivity index (χ4v) is 1.45. The average molecular weight is 235 g/mol. The lowest BCUT2D eigenvalue weighted by Crippen LogP contribution is -1.93. The van der Waals surface area contributed by atoms with E-state index >= 15 is 0 Å². The molecule has 0 saturated carbocycles. The molecule has 1 rings (SSSR count). The molecule has 1 heterocycles. The van der Waals surface area contributed by atoms with Crippen LogP contribution in [0.15, 0.2) is 4.47 Å². The molecule has 0 radical (unpaired) electrons. The fourth-order valence-electron chi connectivity index (χ4n) is 0.680. The molecule has 0 unspecified atom stereocenters. The van der Waals surface area contributed by atoms with Crippen molar-refractivity contribution in [3.05, 3.63) is 10.2 Å². The molecule has 1 aromatic rings. The minimum atomic E-state index is 0.438. The molecule has 0 aliphatic heterocycles. The number of anilines is 1. The highest BCUT2D eigenvalue weighted by Gasteiger charge is 2.11. The van der Waals surface area contributed by atoms with Gasteiger partial charge in [0.25, 0.3) is 0 Å². The number of halogens is 2. The van der Waals surface area contributed by atoms with Gasteiger partial charge in [0.05, 0.1) is 4.47 Å². The first-order chi connectivity index (χ1) is 5.20. The lowest BCUT2D eigenvalue weighted by molar-refractivity contribution is 0.759. The van der Waals surface area contributed by atoms with Crippen LogP contribution in [0.5, 0.6) is 0 Å². The quantitative estimate of drug-likeness (QED) is 0.753. The first-order valence-corrected chi connectivity index (χ1v) is 3.87. The van der Waals surface area contributed by atoms with Crippen LogP contribution < -0.4 is 4.84 Å². The van der Waals surface area contributed by atoms with Crippen molar-refractivity contribution in [3.8, 4) is 6.07 Å². The van der Waals surface area contributed by atoms with Gasteiger partial charge < -0.3 is 0 Å². The van der Waals surface area contributed by atoms with E-state index in [2.05, 4.69) is 25.9 Å². The highest BCUT2D eigenvalue weighted by Crippen LogP contribution is 2.24. The minimum absolute atomic E-state index is 0.438. The van der Waals surface area contributed by atoms with Gasteiger partial charge in [0.1, 0.15) is 6.07 Å². The Kier molecular flexibility index (Phi) is 2.37. The van der Waals surface area contributed by atoms with Gasteiger partial charge in [0.15, 0.2) is 11.5 Å². The van der Waals surface area contributed by atoms with Crippen molar-refractivity contribution in [2.75, 3.05) is 4.84 Å². The van der Waals surface area contributed by atoms with Crippen molar-refractivity contribution in [3.63, 3.8) is 0 Å². The van der Waals surface area contributed by atoms with E-state index in [1.807, 2.05) is 6.07 Å². The fraction of sp³-hybridized carbons (Fsp3) is 0.200. The standard InChI is InChI=1S/C5H4BrClN4/c1-11-3(2-8)4(6)5(9-7)10-11/h1H3,(H,9,10). The van der Waals surface area contributed by atoms with Gasteiger partial charge in [-0.3, -0.25) is 9.52 Å². The third kappa shape index (κ3) is 1.32. The molecule has 0 spiro atoms. The predicted molar refractivity (Wildman–Crippen MR) is 45.1 cm³/mol. The van der Waals surface area contributed by atoms with Gasteiger partial charge >= 0.3 is 0 Å². The Morgan fingerprint density at radius 2 is 2.45 bits per heavy atom. The zero-order valence-corrected chi connectivity index (χ0v) is 7.94. The summed E-state index contributed by atoms with van der Waals surface area (Å²) in [5, 5.41) is 12.5. The molecule has 58 valence electrons. The number of hydrogen-bond acceptors (Lipinski definition) is 3. The monoisotopic (exact) mass is 234 g/mol. The second-order valence-electron chi connectivity index (χ2n) is 1.84. The van der Waals surface area contributed by atoms with Gasteiger partial charge in [0.2, 0.25) is 0 Å². The van der Waals surface area contributed by atoms with Gasteiger partial charge in [-0.05, 0) is 15.9 Å². The molecule has 0 aromatic carbocycles. The minimum Gasteiger partial charge on any atom is -0.280 e. The summed E-state index contributed by atoms with van der Waals surface area (Å²) >= 11 is 8.48. The van der Waals surface area contributed by atoms with E-state index < -0.39 is 0 Å². The summed E-state index contributed by atoms with van der Waals surface area (Å²) in [6.45, 7) is 0. The average Bonchev–Trinajstić information content (AvgIpc) is 2.26. The Morgan fingerprint density at radius 3 is 2.73 bits per heavy atom. The molecule has 0 aliphatic rings. The van der Waals surface area contributed by atoms with Crippen molar-refractivity contribution < 1.29 is 0 Å². The molecule has 1 aromatic heterocycles. The Hall–Kier alpha value is -0.730. The molecule has 11 heavy (non-hydrogen) atoms. The van der Waals surface area contributed by atoms with Crippen LogP contribution in [0.2, 0.25) is 0 Å². The summed E-state index contributed by atoms with van der Waals surface area (Å²) in [5.74, 6) is 0.450. The number of hydrogen-bond donors (Lipinski definition) is 1. The highest BCUT2D eigenvalue weighted by atomic mass is 79.9. The van der Waals surface area contributed by atoms with Crippen LogP contribution in [-0.4, -0.2) is 9.78 Å². The molecule has 4 nitrogen and oxygen atoms in total. The number of aromatic nitrogens is 2. The molecule has 0 aliphatic carbocycles. The maximum atomic E-state index is 8.60. The molecule has 0 fully saturated rings. The zero-order valence-electron chi connectivity index (χ0n) is 5.60. The number of nitrogens with zero attached hydrogens (tertiary/aromatic N) is 3. The van der Waals surface area contributed by atoms with Gasteiger partial charge in [-0.2, -0.15) is 10.4 Å². The third-order valence-corrected chi connectivity index (χ3v) is 2.11. The van der Waals surface area contributed by atoms with Gasteiger partial charge in [-0.25, -0.2) is 0 Å². The van der Waals surface area contributed by atoms with E-state index in [1.165, 1.54) is 4.68 Å². The Morgan fingerprint density at radius 1 is 1.82 bits per heavy atom. The third-order valence-electron chi connectivity index (χ3n) is 1.18. The SMILES string of the molecule is Cn1nc(NCl)c(Br)c1C#N. The maximum Gasteiger partial charge on any atom is 0.178 e. The van der Waals surface area contributed by atoms with Crippen LogP contribution in [0.3, 0.4) is 0 Å². The lowest BCUT2D eigenvalue weighted by Gasteiger charge is -1.86. The summed E-state index contributed by atoms with van der Waals surface area (Å²) in [7, 11) is 1.67. The van der Waals surface area contributed by atoms with Crippen LogP contribution in [-0.2, 0) is 7.05 Å². The number of rotatable bonds is 1. The van der Waals surface area contributed by atoms with E-state index in [4.69, 9.17) is 17.0 Å². The molecule has 0 atom stereocenters. The molecule has 0 saturated heterocycles. The van der Waals surface area contributed by atoms with Crippen LogP contribution in [0.4, 0.5) is 5.82 Å². The summed E-state index contributed by atoms with van der Waals surface area (Å²) in [6, 6.07) is 1.97. The van der Waals surface area contributed by atoms with Crippen molar-refractivity contribution >= 4 is 33.5 Å². The Balaban J connectivity index is 3.28. The smallest absolute Gasteiger partial charge is 0.178 e. The summed E-state index contributed by atoms with van der Waals surface area (Å²) in [6.07, 6.45) is 0. The topological polar surface area (TPSA) is 53.6 Å². The van der Waals surface area contributed by atoms with Crippen molar-refractivity contribution in [1.29, 1.82) is 5.26 Å². The van der Waals surface area contributed by atoms with E-state index in [0.29, 0.717) is 16.0 Å². The second kappa shape index (κ2) is 3.11. The largest absolute Gasteiger partial charge is 0.280 e. The molecule has 0 bridgehead atoms. The Labute approximate surface area is 77.0 Å². The molecule has 0 amide bonds. The van der Waals surface area contributed by atoms with Crippen molar-refractivity contribution in [1.82, 2.24) is 9.78 Å². The molecular weight excluding hydrogens is 231 g/mol. The number of nitriles is 1. The van der Waals surface area contributed by atoms with Crippen molar-refractivity contribution in [2.45, 2.75) is 0 Å². The van der Waals surface area contributed by atoms with E-state index in [1.54, 1.807) is 7.05 Å². The normalized spacial score (nSPS) is 9.27. The number of nitrogens with one attached hydrogen (secondary N) is 1. The van der Waals surface area contributed by atoms with Crippen LogP contribution in [0, 0.1) is 11.3 Å². The summed E-state index contributed by atoms with van der Waals surface area (Å²) in [4.78, 5) is 2.33. The van der Waals surface area contributed by atoms with Crippen molar-refractivity contribution in [2.24, 2.45) is 7.05 Å². The maximum absolute atomic E-state index is 8.60. The summed E-state index contributed by atoms with van der Waals surface area (Å²) in [5.41, 5.74) is 0.438. The van der Waals surface area contributed by atoms with Gasteiger partial charge in [-0.15, -0.1) is 0 Å². The first-order valence-electron chi connectivity index (χ1n) is 2.70. The van der Waals surface area contributed by atoms with E-state index in [0.717, 1.165) is 0 Å². The van der Waals surface area contributed by atoms with Crippen LogP contribution in [0.1, 0.15) is 5.69 Å². The first kappa shape index (κ1) is 8.37. The zero-order chi connectivity index (χ0) is 8.43. The molecule has 1 N–H and O–H groups in total. The Bertz CT molecular complexity index is 313. The summed E-state index contributed by atoms with van der Waals surface area (Å²) < 4.78 is 2.02. The predicted octanol–water partition coefficient (Wildman–Crippen LogP) is 1.62. The highest BCUT2D eigenvalue weighted by molar-refractivity contribution is 9.10. The van der Waals surface area contributed by atoms with Crippen LogP contribution >= 0.6 is 27.7 Å². The van der Waals surface area contributed by atoms with Gasteiger partial charge in [-0.1, -0.05) is 0 Å². The lowest BCUT2D eigenvalue weighted by atomic mass is 10.4.